The fourth-order valence-electron chi connectivity index (χ4n) is 10.4. The summed E-state index contributed by atoms with van der Waals surface area (Å²) in [7, 11) is -4.02. The number of ether oxygens (including phenoxy) is 2. The van der Waals surface area contributed by atoms with Crippen LogP contribution in [0, 0.1) is 23.7 Å². The van der Waals surface area contributed by atoms with E-state index in [4.69, 9.17) is 9.47 Å². The molecule has 7 rings (SSSR count). The van der Waals surface area contributed by atoms with E-state index in [1.165, 1.54) is 39.2 Å². The van der Waals surface area contributed by atoms with Gasteiger partial charge in [-0.05, 0) is 123 Å². The Bertz CT molecular complexity index is 3180. The topological polar surface area (TPSA) is 281 Å². The van der Waals surface area contributed by atoms with E-state index in [0.717, 1.165) is 11.1 Å². The highest BCUT2D eigenvalue weighted by Crippen LogP contribution is 2.39. The normalized spacial score (nSPS) is 17.1. The van der Waals surface area contributed by atoms with Crippen molar-refractivity contribution in [3.05, 3.63) is 120 Å². The molecule has 2 aliphatic heterocycles. The predicted octanol–water partition coefficient (Wildman–Crippen LogP) is 7.58. The second-order valence-corrected chi connectivity index (χ2v) is 25.0. The third kappa shape index (κ3) is 16.6. The lowest BCUT2D eigenvalue weighted by atomic mass is 9.88. The molecule has 0 radical (unpaired) electrons. The Hall–Kier alpha value is -7.49. The molecule has 6 N–H and O–H groups in total. The van der Waals surface area contributed by atoms with Crippen molar-refractivity contribution in [3.8, 4) is 28.6 Å². The number of aryl methyl sites for hydroxylation is 1. The number of piperidine rings is 1. The Kier molecular flexibility index (Phi) is 21.4. The second-order valence-electron chi connectivity index (χ2n) is 23.1. The van der Waals surface area contributed by atoms with Crippen molar-refractivity contribution in [1.82, 2.24) is 40.3 Å². The molecule has 4 amide bonds. The van der Waals surface area contributed by atoms with Gasteiger partial charge >= 0.3 is 6.09 Å². The zero-order valence-corrected chi connectivity index (χ0v) is 49.5. The second kappa shape index (κ2) is 28.2. The van der Waals surface area contributed by atoms with Crippen LogP contribution in [-0.4, -0.2) is 130 Å². The number of sulfonamides is 1. The smallest absolute Gasteiger partial charge is 0.407 e. The molecule has 83 heavy (non-hydrogen) atoms. The maximum Gasteiger partial charge on any atom is 0.407 e. The minimum Gasteiger partial charge on any atom is -0.508 e. The molecule has 20 nitrogen and oxygen atoms in total. The molecule has 4 aromatic carbocycles. The lowest BCUT2D eigenvalue weighted by molar-refractivity contribution is -0.135. The number of ketones is 2. The summed E-state index contributed by atoms with van der Waals surface area (Å²) < 4.78 is 42.1. The first-order valence-electron chi connectivity index (χ1n) is 28.7. The van der Waals surface area contributed by atoms with Gasteiger partial charge in [0.1, 0.15) is 23.1 Å². The SMILES string of the molecule is CCNC(=O)c1nnc(-c2cc(C(C)C)c(O)cc2O)n1-c1ccc(S(=O)(=O)N2CCC(COC(=O)N[C@@H](CCc3ccccc3)C(=O)C[C@@H](CC(C)C)C(=O)N[C@@H](Cc3ccccc3)C(=O)N[C@@H](CC(C)C)C(=O)[C@@]3(C)CO3)CC2)cc1. The van der Waals surface area contributed by atoms with Crippen LogP contribution in [0.5, 0.6) is 11.5 Å². The summed E-state index contributed by atoms with van der Waals surface area (Å²) in [6.45, 7) is 15.7. The van der Waals surface area contributed by atoms with Gasteiger partial charge in [0, 0.05) is 50.1 Å². The van der Waals surface area contributed by atoms with Crippen LogP contribution < -0.4 is 21.3 Å². The summed E-state index contributed by atoms with van der Waals surface area (Å²) in [6.07, 6.45) is 1.09. The molecule has 446 valence electrons. The van der Waals surface area contributed by atoms with Gasteiger partial charge in [-0.25, -0.2) is 13.2 Å². The number of nitrogens with zero attached hydrogens (tertiary/aromatic N) is 4. The van der Waals surface area contributed by atoms with Gasteiger partial charge in [-0.2, -0.15) is 4.31 Å². The molecule has 2 saturated heterocycles. The molecule has 2 aliphatic rings. The monoisotopic (exact) mass is 1160 g/mol. The van der Waals surface area contributed by atoms with Crippen LogP contribution >= 0.6 is 0 Å². The molecule has 0 aliphatic carbocycles. The van der Waals surface area contributed by atoms with Crippen molar-refractivity contribution in [1.29, 1.82) is 0 Å². The zero-order chi connectivity index (χ0) is 60.2. The minimum absolute atomic E-state index is 0.00610. The highest BCUT2D eigenvalue weighted by molar-refractivity contribution is 7.89. The maximum atomic E-state index is 14.5. The van der Waals surface area contributed by atoms with E-state index in [9.17, 15) is 47.4 Å². The molecule has 0 spiro atoms. The van der Waals surface area contributed by atoms with Crippen LogP contribution in [0.4, 0.5) is 4.79 Å². The third-order valence-corrected chi connectivity index (χ3v) is 17.1. The van der Waals surface area contributed by atoms with Gasteiger partial charge in [0.25, 0.3) is 5.91 Å². The lowest BCUT2D eigenvalue weighted by Crippen LogP contribution is -2.55. The van der Waals surface area contributed by atoms with Crippen LogP contribution in [0.1, 0.15) is 127 Å². The molecule has 1 aromatic heterocycles. The van der Waals surface area contributed by atoms with Crippen LogP contribution in [0.15, 0.2) is 102 Å². The van der Waals surface area contributed by atoms with Gasteiger partial charge in [0.05, 0.1) is 35.8 Å². The van der Waals surface area contributed by atoms with Gasteiger partial charge < -0.3 is 41.0 Å². The third-order valence-electron chi connectivity index (χ3n) is 15.1. The van der Waals surface area contributed by atoms with E-state index in [2.05, 4.69) is 31.5 Å². The number of benzene rings is 4. The fraction of sp³-hybridized carbons (Fsp3) is 0.484. The number of nitrogens with one attached hydrogen (secondary N) is 4. The van der Waals surface area contributed by atoms with Crippen molar-refractivity contribution < 1.29 is 56.9 Å². The highest BCUT2D eigenvalue weighted by atomic mass is 32.2. The van der Waals surface area contributed by atoms with E-state index < -0.39 is 69.3 Å². The van der Waals surface area contributed by atoms with E-state index in [1.54, 1.807) is 19.9 Å². The van der Waals surface area contributed by atoms with Gasteiger partial charge in [-0.1, -0.05) is 102 Å². The number of amides is 4. The molecular weight excluding hydrogens is 1080 g/mol. The van der Waals surface area contributed by atoms with Crippen LogP contribution in [0.3, 0.4) is 0 Å². The molecule has 5 atom stereocenters. The average molecular weight is 1160 g/mol. The van der Waals surface area contributed by atoms with Crippen LogP contribution in [0.2, 0.25) is 0 Å². The summed E-state index contributed by atoms with van der Waals surface area (Å²) in [6, 6.07) is 24.4. The number of carbonyl (C=O) groups excluding carboxylic acids is 6. The molecule has 0 bridgehead atoms. The van der Waals surface area contributed by atoms with E-state index in [1.807, 2.05) is 102 Å². The summed E-state index contributed by atoms with van der Waals surface area (Å²) in [5.74, 6) is -3.80. The largest absolute Gasteiger partial charge is 0.508 e. The van der Waals surface area contributed by atoms with Crippen molar-refractivity contribution in [2.75, 3.05) is 32.8 Å². The Morgan fingerprint density at radius 2 is 1.37 bits per heavy atom. The zero-order valence-electron chi connectivity index (χ0n) is 48.7. The number of aromatic nitrogens is 3. The number of rotatable bonds is 28. The number of phenols is 2. The van der Waals surface area contributed by atoms with Crippen LogP contribution in [0.25, 0.3) is 17.1 Å². The van der Waals surface area contributed by atoms with E-state index >= 15 is 0 Å². The predicted molar refractivity (Wildman–Crippen MR) is 312 cm³/mol. The molecule has 2 fully saturated rings. The van der Waals surface area contributed by atoms with Gasteiger partial charge in [0.15, 0.2) is 17.4 Å². The van der Waals surface area contributed by atoms with Crippen molar-refractivity contribution in [2.45, 2.75) is 141 Å². The van der Waals surface area contributed by atoms with Gasteiger partial charge in [-0.15, -0.1) is 10.2 Å². The Morgan fingerprint density at radius 3 is 1.96 bits per heavy atom. The summed E-state index contributed by atoms with van der Waals surface area (Å²) >= 11 is 0. The number of phenolic OH excluding ortho intramolecular Hbond substituents is 2. The van der Waals surface area contributed by atoms with E-state index in [0.29, 0.717) is 49.9 Å². The van der Waals surface area contributed by atoms with Crippen molar-refractivity contribution in [2.24, 2.45) is 23.7 Å². The summed E-state index contributed by atoms with van der Waals surface area (Å²) in [5.41, 5.74) is 1.81. The first kappa shape index (κ1) is 63.1. The molecule has 0 saturated carbocycles. The van der Waals surface area contributed by atoms with Crippen LogP contribution in [-0.2, 0) is 51.5 Å². The Balaban J connectivity index is 0.998. The molecule has 0 unspecified atom stereocenters. The molecule has 5 aromatic rings. The molecule has 21 heteroatoms. The quantitative estimate of drug-likeness (QED) is 0.0263. The van der Waals surface area contributed by atoms with Crippen molar-refractivity contribution >= 4 is 45.4 Å². The minimum atomic E-state index is -4.02. The Labute approximate surface area is 486 Å². The highest BCUT2D eigenvalue weighted by Gasteiger charge is 2.50. The van der Waals surface area contributed by atoms with Crippen molar-refractivity contribution in [3.63, 3.8) is 0 Å². The number of epoxide rings is 1. The summed E-state index contributed by atoms with van der Waals surface area (Å²) in [5, 5.41) is 41.2. The number of aromatic hydroxyl groups is 2. The number of hydrogen-bond donors (Lipinski definition) is 6. The first-order chi connectivity index (χ1) is 39.5. The van der Waals surface area contributed by atoms with Gasteiger partial charge in [-0.3, -0.25) is 28.5 Å². The summed E-state index contributed by atoms with van der Waals surface area (Å²) in [4.78, 5) is 83.5. The number of hydrogen-bond acceptors (Lipinski definition) is 14. The standard InChI is InChI=1S/C62H80N8O12S/c1-9-63-60(77)57-68-67-56(48-34-47(40(6)7)52(71)35-53(48)72)70(57)45-21-23-46(24-22-45)83(79,80)69-28-26-43(27-29-69)36-81-61(78)66-49(25-20-41-16-12-10-13-17-41)54(73)33-44(30-38(2)3)58(75)65-51(32-42-18-14-11-15-19-42)59(76)64-50(31-39(4)5)55(74)62(8)37-82-62/h10-19,21-24,34-35,38-40,43-44,49-51,71-72H,9,20,25-33,36-37H2,1-8H3,(H,63,77)(H,64,76)(H,65,75)(H,66,78)/t44-,49+,50+,51+,62-/m1/s1. The Morgan fingerprint density at radius 1 is 0.759 bits per heavy atom. The van der Waals surface area contributed by atoms with E-state index in [-0.39, 0.29) is 109 Å². The average Bonchev–Trinajstić information content (AvgIpc) is 3.26. The lowest BCUT2D eigenvalue weighted by Gasteiger charge is -2.31. The number of alkyl carbamates (subject to hydrolysis) is 1. The fourth-order valence-corrected chi connectivity index (χ4v) is 11.9. The first-order valence-corrected chi connectivity index (χ1v) is 30.1. The number of Topliss-reactive ketones (excluding diaryl/α,β-unsaturated/α-hetero) is 2. The number of carbonyl (C=O) groups is 6. The molecular formula is C62H80N8O12S. The van der Waals surface area contributed by atoms with Gasteiger partial charge in [0.2, 0.25) is 27.7 Å². The maximum absolute atomic E-state index is 14.5. The molecule has 3 heterocycles.